The molecule has 3 rings (SSSR count). The Labute approximate surface area is 118 Å². The van der Waals surface area contributed by atoms with Gasteiger partial charge in [0.1, 0.15) is 0 Å². The van der Waals surface area contributed by atoms with Crippen molar-refractivity contribution in [2.24, 2.45) is 0 Å². The Morgan fingerprint density at radius 3 is 2.45 bits per heavy atom. The molecule has 0 fully saturated rings. The standard InChI is InChI=1S/C15H12N2O2S/c18-20(19)17-13-8-5-12(6-9-13)15-10-7-11-3-1-2-4-14(11)16-15/h1-10,17H,(H,18,19)/p-1. The van der Waals surface area contributed by atoms with Crippen LogP contribution in [-0.4, -0.2) is 13.7 Å². The molecule has 0 saturated carbocycles. The fourth-order valence-electron chi connectivity index (χ4n) is 2.03. The summed E-state index contributed by atoms with van der Waals surface area (Å²) in [6.45, 7) is 0. The van der Waals surface area contributed by atoms with Crippen LogP contribution in [0.5, 0.6) is 0 Å². The molecule has 4 nitrogen and oxygen atoms in total. The number of para-hydroxylation sites is 1. The first kappa shape index (κ1) is 12.8. The monoisotopic (exact) mass is 283 g/mol. The Morgan fingerprint density at radius 1 is 0.950 bits per heavy atom. The summed E-state index contributed by atoms with van der Waals surface area (Å²) in [6, 6.07) is 19.0. The van der Waals surface area contributed by atoms with Gasteiger partial charge in [-0.25, -0.2) is 4.98 Å². The molecule has 0 radical (unpaired) electrons. The second-order valence-electron chi connectivity index (χ2n) is 4.30. The zero-order chi connectivity index (χ0) is 13.9. The number of hydrogen-bond acceptors (Lipinski definition) is 3. The number of fused-ring (bicyclic) bond motifs is 1. The highest BCUT2D eigenvalue weighted by Crippen LogP contribution is 2.22. The Bertz CT molecular complexity index is 772. The lowest BCUT2D eigenvalue weighted by atomic mass is 10.1. The van der Waals surface area contributed by atoms with Gasteiger partial charge in [0.25, 0.3) is 0 Å². The lowest BCUT2D eigenvalue weighted by Crippen LogP contribution is -2.01. The largest absolute Gasteiger partial charge is 0.755 e. The van der Waals surface area contributed by atoms with E-state index in [2.05, 4.69) is 9.71 Å². The predicted octanol–water partition coefficient (Wildman–Crippen LogP) is 3.11. The predicted molar refractivity (Wildman–Crippen MR) is 79.7 cm³/mol. The van der Waals surface area contributed by atoms with Crippen LogP contribution in [0.15, 0.2) is 60.7 Å². The van der Waals surface area contributed by atoms with E-state index in [1.54, 1.807) is 12.1 Å². The quantitative estimate of drug-likeness (QED) is 0.751. The summed E-state index contributed by atoms with van der Waals surface area (Å²) in [7, 11) is 0. The molecule has 0 bridgehead atoms. The van der Waals surface area contributed by atoms with Gasteiger partial charge in [-0.05, 0) is 24.3 Å². The first-order chi connectivity index (χ1) is 9.72. The number of aromatic nitrogens is 1. The molecule has 0 saturated heterocycles. The Morgan fingerprint density at radius 2 is 1.70 bits per heavy atom. The molecule has 3 aromatic rings. The third-order valence-electron chi connectivity index (χ3n) is 2.98. The highest BCUT2D eigenvalue weighted by Gasteiger charge is 2.01. The van der Waals surface area contributed by atoms with Crippen LogP contribution in [0.4, 0.5) is 5.69 Å². The fourth-order valence-corrected chi connectivity index (χ4v) is 2.36. The Balaban J connectivity index is 1.96. The first-order valence-corrected chi connectivity index (χ1v) is 7.12. The molecular weight excluding hydrogens is 272 g/mol. The summed E-state index contributed by atoms with van der Waals surface area (Å²) in [4.78, 5) is 4.59. The molecule has 1 N–H and O–H groups in total. The smallest absolute Gasteiger partial charge is 0.0709 e. The van der Waals surface area contributed by atoms with Crippen LogP contribution < -0.4 is 4.72 Å². The molecule has 5 heteroatoms. The average molecular weight is 283 g/mol. The zero-order valence-electron chi connectivity index (χ0n) is 10.4. The van der Waals surface area contributed by atoms with Crippen molar-refractivity contribution in [2.45, 2.75) is 0 Å². The van der Waals surface area contributed by atoms with Gasteiger partial charge < -0.3 is 9.27 Å². The highest BCUT2D eigenvalue weighted by molar-refractivity contribution is 7.80. The van der Waals surface area contributed by atoms with Crippen LogP contribution in [0, 0.1) is 0 Å². The van der Waals surface area contributed by atoms with E-state index in [4.69, 9.17) is 0 Å². The second kappa shape index (κ2) is 5.40. The molecular formula is C15H11N2O2S-. The van der Waals surface area contributed by atoms with Crippen LogP contribution in [0.25, 0.3) is 22.2 Å². The minimum atomic E-state index is -2.30. The molecule has 0 spiro atoms. The number of pyridine rings is 1. The maximum absolute atomic E-state index is 10.5. The van der Waals surface area contributed by atoms with Crippen molar-refractivity contribution in [2.75, 3.05) is 4.72 Å². The van der Waals surface area contributed by atoms with E-state index in [1.165, 1.54) is 0 Å². The van der Waals surface area contributed by atoms with Crippen molar-refractivity contribution in [1.29, 1.82) is 0 Å². The van der Waals surface area contributed by atoms with Gasteiger partial charge in [-0.15, -0.1) is 0 Å². The Kier molecular flexibility index (Phi) is 3.45. The van der Waals surface area contributed by atoms with E-state index in [1.807, 2.05) is 48.5 Å². The van der Waals surface area contributed by atoms with Gasteiger partial charge in [-0.2, -0.15) is 0 Å². The van der Waals surface area contributed by atoms with Crippen LogP contribution in [0.2, 0.25) is 0 Å². The van der Waals surface area contributed by atoms with Gasteiger partial charge in [0.15, 0.2) is 0 Å². The molecule has 1 heterocycles. The molecule has 0 amide bonds. The number of rotatable bonds is 3. The van der Waals surface area contributed by atoms with Crippen LogP contribution in [0.3, 0.4) is 0 Å². The molecule has 0 aliphatic heterocycles. The average Bonchev–Trinajstić information content (AvgIpc) is 2.47. The van der Waals surface area contributed by atoms with E-state index in [9.17, 15) is 8.76 Å². The van der Waals surface area contributed by atoms with Crippen molar-refractivity contribution in [1.82, 2.24) is 4.98 Å². The van der Waals surface area contributed by atoms with Crippen molar-refractivity contribution in [3.63, 3.8) is 0 Å². The van der Waals surface area contributed by atoms with Crippen molar-refractivity contribution >= 4 is 27.9 Å². The van der Waals surface area contributed by atoms with Crippen molar-refractivity contribution < 1.29 is 8.76 Å². The third-order valence-corrected chi connectivity index (χ3v) is 3.38. The van der Waals surface area contributed by atoms with Crippen molar-refractivity contribution in [3.05, 3.63) is 60.7 Å². The van der Waals surface area contributed by atoms with Gasteiger partial charge in [0.2, 0.25) is 0 Å². The summed E-state index contributed by atoms with van der Waals surface area (Å²) in [5, 5.41) is 1.09. The number of hydrogen-bond donors (Lipinski definition) is 1. The summed E-state index contributed by atoms with van der Waals surface area (Å²) < 4.78 is 23.4. The lowest BCUT2D eigenvalue weighted by Gasteiger charge is -2.09. The van der Waals surface area contributed by atoms with Gasteiger partial charge >= 0.3 is 0 Å². The van der Waals surface area contributed by atoms with E-state index in [0.717, 1.165) is 22.2 Å². The molecule has 2 aromatic carbocycles. The van der Waals surface area contributed by atoms with E-state index >= 15 is 0 Å². The van der Waals surface area contributed by atoms with Gasteiger partial charge in [0, 0.05) is 27.9 Å². The van der Waals surface area contributed by atoms with Crippen molar-refractivity contribution in [3.8, 4) is 11.3 Å². The topological polar surface area (TPSA) is 65.0 Å². The second-order valence-corrected chi connectivity index (χ2v) is 4.98. The minimum absolute atomic E-state index is 0.530. The number of nitrogens with one attached hydrogen (secondary N) is 1. The molecule has 1 atom stereocenters. The maximum Gasteiger partial charge on any atom is 0.0709 e. The summed E-state index contributed by atoms with van der Waals surface area (Å²) in [5.41, 5.74) is 3.27. The van der Waals surface area contributed by atoms with Crippen LogP contribution >= 0.6 is 0 Å². The zero-order valence-corrected chi connectivity index (χ0v) is 11.3. The minimum Gasteiger partial charge on any atom is -0.755 e. The third kappa shape index (κ3) is 2.68. The normalized spacial score (nSPS) is 12.2. The van der Waals surface area contributed by atoms with E-state index in [-0.39, 0.29) is 0 Å². The first-order valence-electron chi connectivity index (χ1n) is 6.04. The molecule has 0 aliphatic rings. The fraction of sp³-hybridized carbons (Fsp3) is 0. The van der Waals surface area contributed by atoms with E-state index in [0.29, 0.717) is 5.69 Å². The van der Waals surface area contributed by atoms with Crippen LogP contribution in [0.1, 0.15) is 0 Å². The number of benzene rings is 2. The van der Waals surface area contributed by atoms with Gasteiger partial charge in [-0.3, -0.25) is 4.21 Å². The van der Waals surface area contributed by atoms with E-state index < -0.39 is 11.3 Å². The summed E-state index contributed by atoms with van der Waals surface area (Å²) in [5.74, 6) is 0. The van der Waals surface area contributed by atoms with Gasteiger partial charge in [-0.1, -0.05) is 36.4 Å². The summed E-state index contributed by atoms with van der Waals surface area (Å²) in [6.07, 6.45) is 0. The number of nitrogens with zero attached hydrogens (tertiary/aromatic N) is 1. The number of anilines is 1. The lowest BCUT2D eigenvalue weighted by molar-refractivity contribution is 0.542. The SMILES string of the molecule is O=S([O-])Nc1ccc(-c2ccc3ccccc3n2)cc1. The maximum atomic E-state index is 10.5. The summed E-state index contributed by atoms with van der Waals surface area (Å²) >= 11 is -2.30. The molecule has 1 unspecified atom stereocenters. The molecule has 100 valence electrons. The molecule has 0 aliphatic carbocycles. The molecule has 20 heavy (non-hydrogen) atoms. The highest BCUT2D eigenvalue weighted by atomic mass is 32.2. The van der Waals surface area contributed by atoms with Crippen LogP contribution in [-0.2, 0) is 11.3 Å². The van der Waals surface area contributed by atoms with Gasteiger partial charge in [0.05, 0.1) is 11.2 Å². The Hall–Kier alpha value is -2.24. The molecule has 1 aromatic heterocycles.